The van der Waals surface area contributed by atoms with Crippen LogP contribution in [0.5, 0.6) is 0 Å². The van der Waals surface area contributed by atoms with Crippen molar-refractivity contribution in [3.8, 4) is 44.5 Å². The van der Waals surface area contributed by atoms with E-state index in [9.17, 15) is 5.48 Å². The maximum absolute atomic E-state index is 9.64. The van der Waals surface area contributed by atoms with Gasteiger partial charge in [-0.2, -0.15) is 0 Å². The molecule has 0 N–H and O–H groups in total. The first-order chi connectivity index (χ1) is 29.0. The Labute approximate surface area is 284 Å². The second-order valence-corrected chi connectivity index (χ2v) is 10.4. The summed E-state index contributed by atoms with van der Waals surface area (Å²) in [7, 11) is 0. The second-order valence-electron chi connectivity index (χ2n) is 10.4. The average Bonchev–Trinajstić information content (AvgIpc) is 3.68. The van der Waals surface area contributed by atoms with E-state index in [0.29, 0.717) is 43.8 Å². The van der Waals surface area contributed by atoms with Crippen LogP contribution in [0.25, 0.3) is 88.0 Å². The Balaban J connectivity index is 1.38. The number of rotatable bonds is 4. The van der Waals surface area contributed by atoms with E-state index in [1.165, 1.54) is 0 Å². The summed E-state index contributed by atoms with van der Waals surface area (Å²) in [6, 6.07) is 12.7. The largest absolute Gasteiger partial charge is 0.456 e. The number of hydrogen-bond donors (Lipinski definition) is 0. The Bertz CT molecular complexity index is 3330. The zero-order chi connectivity index (χ0) is 43.7. The van der Waals surface area contributed by atoms with Gasteiger partial charge in [-0.1, -0.05) is 145 Å². The lowest BCUT2D eigenvalue weighted by molar-refractivity contribution is 0.669. The molecule has 8 aromatic carbocycles. The third-order valence-electron chi connectivity index (χ3n) is 7.91. The van der Waals surface area contributed by atoms with Crippen molar-refractivity contribution in [2.75, 3.05) is 0 Å². The molecule has 0 bridgehead atoms. The summed E-state index contributed by atoms with van der Waals surface area (Å²) < 4.78 is 146. The van der Waals surface area contributed by atoms with E-state index in [4.69, 9.17) is 20.9 Å². The number of benzene rings is 8. The quantitative estimate of drug-likeness (QED) is 0.186. The number of hydrogen-bond acceptors (Lipinski definition) is 1. The molecule has 0 aliphatic heterocycles. The lowest BCUT2D eigenvalue weighted by Gasteiger charge is -2.19. The van der Waals surface area contributed by atoms with Crippen LogP contribution in [-0.4, -0.2) is 0 Å². The van der Waals surface area contributed by atoms with Gasteiger partial charge in [0, 0.05) is 10.8 Å². The van der Waals surface area contributed by atoms with Gasteiger partial charge in [-0.15, -0.1) is 0 Å². The van der Waals surface area contributed by atoms with Crippen LogP contribution in [0.2, 0.25) is 0 Å². The van der Waals surface area contributed by atoms with Crippen molar-refractivity contribution in [2.24, 2.45) is 0 Å². The molecule has 210 valence electrons. The molecule has 1 heterocycles. The van der Waals surface area contributed by atoms with E-state index in [0.717, 1.165) is 0 Å². The highest BCUT2D eigenvalue weighted by Crippen LogP contribution is 2.46. The summed E-state index contributed by atoms with van der Waals surface area (Å²) in [6.07, 6.45) is 0. The van der Waals surface area contributed by atoms with Crippen molar-refractivity contribution in [2.45, 2.75) is 0 Å². The van der Waals surface area contributed by atoms with Crippen LogP contribution in [0.4, 0.5) is 0 Å². The van der Waals surface area contributed by atoms with E-state index in [2.05, 4.69) is 0 Å². The van der Waals surface area contributed by atoms with Crippen LogP contribution in [0.15, 0.2) is 174 Å². The molecule has 1 aromatic heterocycles. The van der Waals surface area contributed by atoms with Crippen molar-refractivity contribution in [1.29, 1.82) is 0 Å². The highest BCUT2D eigenvalue weighted by molar-refractivity contribution is 6.23. The monoisotopic (exact) mass is 588 g/mol. The Hall–Kier alpha value is -5.92. The van der Waals surface area contributed by atoms with E-state index in [1.807, 2.05) is 12.1 Å². The highest BCUT2D eigenvalue weighted by atomic mass is 16.3. The van der Waals surface area contributed by atoms with Crippen molar-refractivity contribution >= 4 is 43.5 Å². The smallest absolute Gasteiger partial charge is 0.136 e. The fourth-order valence-corrected chi connectivity index (χ4v) is 6.01. The van der Waals surface area contributed by atoms with E-state index in [-0.39, 0.29) is 51.2 Å². The van der Waals surface area contributed by atoms with Gasteiger partial charge < -0.3 is 4.42 Å². The Kier molecular flexibility index (Phi) is 3.28. The van der Waals surface area contributed by atoms with Gasteiger partial charge in [0.1, 0.15) is 11.2 Å². The molecule has 0 atom stereocenters. The van der Waals surface area contributed by atoms with Gasteiger partial charge in [0.15, 0.2) is 0 Å². The molecular formula is C44H28O. The molecule has 0 fully saturated rings. The van der Waals surface area contributed by atoms with Crippen LogP contribution in [0.3, 0.4) is 0 Å². The molecule has 0 amide bonds. The normalized spacial score (nSPS) is 16.5. The zero-order valence-electron chi connectivity index (χ0n) is 39.3. The summed E-state index contributed by atoms with van der Waals surface area (Å²) in [5, 5.41) is 1.93. The topological polar surface area (TPSA) is 13.1 Å². The number of furan rings is 1. The maximum atomic E-state index is 9.64. The van der Waals surface area contributed by atoms with Gasteiger partial charge >= 0.3 is 0 Å². The molecule has 45 heavy (non-hydrogen) atoms. The zero-order valence-corrected chi connectivity index (χ0v) is 23.3. The third-order valence-corrected chi connectivity index (χ3v) is 7.91. The van der Waals surface area contributed by atoms with Gasteiger partial charge in [-0.3, -0.25) is 0 Å². The van der Waals surface area contributed by atoms with Crippen LogP contribution in [0, 0.1) is 0 Å². The van der Waals surface area contributed by atoms with E-state index in [1.54, 1.807) is 60.7 Å². The average molecular weight is 589 g/mol. The summed E-state index contributed by atoms with van der Waals surface area (Å²) in [5.74, 6) is 0. The highest BCUT2D eigenvalue weighted by Gasteiger charge is 2.19. The molecule has 0 aliphatic carbocycles. The first-order valence-corrected chi connectivity index (χ1v) is 14.1. The minimum absolute atomic E-state index is 0.00980. The molecule has 0 unspecified atom stereocenters. The Morgan fingerprint density at radius 2 is 0.911 bits per heavy atom. The van der Waals surface area contributed by atoms with Crippen molar-refractivity contribution < 1.29 is 26.3 Å². The molecule has 0 saturated carbocycles. The fraction of sp³-hybridized carbons (Fsp3) is 0. The first-order valence-electron chi connectivity index (χ1n) is 22.1. The molecule has 0 aliphatic rings. The maximum Gasteiger partial charge on any atom is 0.136 e. The fourth-order valence-electron chi connectivity index (χ4n) is 6.01. The van der Waals surface area contributed by atoms with Gasteiger partial charge in [-0.05, 0) is 90.2 Å². The molecule has 0 radical (unpaired) electrons. The van der Waals surface area contributed by atoms with Crippen LogP contribution in [0.1, 0.15) is 21.9 Å². The summed E-state index contributed by atoms with van der Waals surface area (Å²) >= 11 is 0. The van der Waals surface area contributed by atoms with Crippen molar-refractivity contribution in [3.05, 3.63) is 169 Å². The standard InChI is InChI=1S/C44H28O/c1-3-13-29(14-4-1)31-24-26-41-40(27-31)34-25-23-32(28-42(34)45-41)43-36-19-9-11-21-38(36)44(39-22-12-10-20-37(39)43)35-18-8-7-17-33(35)30-15-5-2-6-16-30/h1-28H/i1D,2D,3D,4D,5D,6D,13D,14D,15D,16D,23D,24D,25D,26D,27D,28D. The molecule has 9 aromatic rings. The molecular weight excluding hydrogens is 544 g/mol. The minimum Gasteiger partial charge on any atom is -0.456 e. The SMILES string of the molecule is [2H]c1c([2H])c([2H])c(-c2ccccc2-c2c3ccccc3c(-c3c([2H])c([2H])c4c(oc5c([2H])c([2H])c(-c6c([2H])c([2H])c([2H])c([2H])c6[2H])c([2H])c54)c3[2H])c3ccccc23)c([2H])c1[2H]. The molecule has 0 saturated heterocycles. The summed E-state index contributed by atoms with van der Waals surface area (Å²) in [5.41, 5.74) is 0.462. The summed E-state index contributed by atoms with van der Waals surface area (Å²) in [6.45, 7) is 0. The predicted octanol–water partition coefficient (Wildman–Crippen LogP) is 12.6. The molecule has 0 spiro atoms. The van der Waals surface area contributed by atoms with E-state index >= 15 is 0 Å². The first kappa shape index (κ1) is 14.2. The van der Waals surface area contributed by atoms with Crippen molar-refractivity contribution in [1.82, 2.24) is 0 Å². The lowest BCUT2D eigenvalue weighted by atomic mass is 9.84. The van der Waals surface area contributed by atoms with E-state index < -0.39 is 89.7 Å². The Morgan fingerprint density at radius 1 is 0.356 bits per heavy atom. The van der Waals surface area contributed by atoms with Crippen LogP contribution >= 0.6 is 0 Å². The van der Waals surface area contributed by atoms with Crippen molar-refractivity contribution in [3.63, 3.8) is 0 Å². The van der Waals surface area contributed by atoms with Gasteiger partial charge in [0.05, 0.1) is 21.9 Å². The van der Waals surface area contributed by atoms with Gasteiger partial charge in [0.25, 0.3) is 0 Å². The van der Waals surface area contributed by atoms with Crippen LogP contribution < -0.4 is 0 Å². The predicted molar refractivity (Wildman–Crippen MR) is 190 cm³/mol. The minimum atomic E-state index is -0.700. The van der Waals surface area contributed by atoms with Gasteiger partial charge in [-0.25, -0.2) is 0 Å². The second kappa shape index (κ2) is 10.4. The summed E-state index contributed by atoms with van der Waals surface area (Å²) in [4.78, 5) is 0. The number of fused-ring (bicyclic) bond motifs is 5. The molecule has 1 heteroatoms. The molecule has 1 nitrogen and oxygen atoms in total. The molecule has 9 rings (SSSR count). The lowest BCUT2D eigenvalue weighted by Crippen LogP contribution is -1.92. The third kappa shape index (κ3) is 4.17. The van der Waals surface area contributed by atoms with Crippen LogP contribution in [-0.2, 0) is 0 Å². The Morgan fingerprint density at radius 3 is 1.58 bits per heavy atom. The van der Waals surface area contributed by atoms with Gasteiger partial charge in [0.2, 0.25) is 0 Å².